The van der Waals surface area contributed by atoms with Crippen LogP contribution in [0.3, 0.4) is 0 Å². The van der Waals surface area contributed by atoms with Gasteiger partial charge in [0.15, 0.2) is 0 Å². The predicted octanol–water partition coefficient (Wildman–Crippen LogP) is 1.14. The van der Waals surface area contributed by atoms with Gasteiger partial charge < -0.3 is 15.8 Å². The van der Waals surface area contributed by atoms with Gasteiger partial charge in [-0.15, -0.1) is 0 Å². The van der Waals surface area contributed by atoms with E-state index >= 15 is 0 Å². The Hall–Kier alpha value is -3.43. The zero-order valence-corrected chi connectivity index (χ0v) is 18.4. The van der Waals surface area contributed by atoms with Gasteiger partial charge in [0.25, 0.3) is 0 Å². The van der Waals surface area contributed by atoms with Gasteiger partial charge in [-0.1, -0.05) is 23.7 Å². The van der Waals surface area contributed by atoms with Crippen LogP contribution in [0.25, 0.3) is 0 Å². The molecule has 0 aliphatic carbocycles. The molecule has 10 heteroatoms. The third-order valence-corrected chi connectivity index (χ3v) is 6.92. The number of carbonyl (C=O) groups is 4. The van der Waals surface area contributed by atoms with Crippen LogP contribution in [0.15, 0.2) is 42.5 Å². The lowest BCUT2D eigenvalue weighted by atomic mass is 9.76. The number of rotatable bonds is 5. The number of anilines is 1. The molecule has 4 N–H and O–H groups in total. The SMILES string of the molecule is COc1ccc(CN2C(=O)[C@@H]3C(CC(N)=O)NC4(C(=O)Nc5ccc(Cl)cc54)[C@@H]3C2=O)cc1. The molecule has 2 aromatic carbocycles. The van der Waals surface area contributed by atoms with Gasteiger partial charge in [-0.3, -0.25) is 29.4 Å². The van der Waals surface area contributed by atoms with E-state index in [0.717, 1.165) is 10.5 Å². The van der Waals surface area contributed by atoms with Crippen molar-refractivity contribution in [2.75, 3.05) is 12.4 Å². The van der Waals surface area contributed by atoms with Gasteiger partial charge in [-0.2, -0.15) is 0 Å². The van der Waals surface area contributed by atoms with Crippen LogP contribution in [0.4, 0.5) is 5.69 Å². The first kappa shape index (κ1) is 21.4. The number of methoxy groups -OCH3 is 1. The van der Waals surface area contributed by atoms with Crippen LogP contribution >= 0.6 is 11.6 Å². The molecule has 2 saturated heterocycles. The van der Waals surface area contributed by atoms with Crippen molar-refractivity contribution >= 4 is 40.9 Å². The van der Waals surface area contributed by atoms with E-state index in [0.29, 0.717) is 22.0 Å². The summed E-state index contributed by atoms with van der Waals surface area (Å²) >= 11 is 6.21. The molecule has 2 unspecified atom stereocenters. The smallest absolute Gasteiger partial charge is 0.250 e. The van der Waals surface area contributed by atoms with E-state index in [4.69, 9.17) is 22.1 Å². The maximum atomic E-state index is 13.7. The summed E-state index contributed by atoms with van der Waals surface area (Å²) in [6.45, 7) is 0.0397. The number of imide groups is 1. The van der Waals surface area contributed by atoms with Crippen molar-refractivity contribution in [3.8, 4) is 5.75 Å². The molecule has 3 aliphatic heterocycles. The third-order valence-electron chi connectivity index (χ3n) is 6.69. The van der Waals surface area contributed by atoms with Gasteiger partial charge in [-0.25, -0.2) is 0 Å². The summed E-state index contributed by atoms with van der Waals surface area (Å²) in [5, 5.41) is 6.30. The van der Waals surface area contributed by atoms with Crippen molar-refractivity contribution in [2.45, 2.75) is 24.5 Å². The second-order valence-corrected chi connectivity index (χ2v) is 8.92. The van der Waals surface area contributed by atoms with Gasteiger partial charge in [0, 0.05) is 28.7 Å². The minimum atomic E-state index is -1.52. The summed E-state index contributed by atoms with van der Waals surface area (Å²) in [6, 6.07) is 11.1. The molecular formula is C23H21ClN4O5. The van der Waals surface area contributed by atoms with Gasteiger partial charge in [0.2, 0.25) is 23.6 Å². The van der Waals surface area contributed by atoms with Crippen LogP contribution < -0.4 is 21.1 Å². The number of nitrogens with zero attached hydrogens (tertiary/aromatic N) is 1. The lowest BCUT2D eigenvalue weighted by Gasteiger charge is -2.29. The number of carbonyl (C=O) groups excluding carboxylic acids is 4. The normalized spacial score (nSPS) is 27.6. The summed E-state index contributed by atoms with van der Waals surface area (Å²) in [4.78, 5) is 53.4. The standard InChI is InChI=1S/C23H21ClN4O5/c1-33-13-5-2-11(3-6-13)10-28-20(30)18-16(9-17(25)29)27-23(19(18)21(28)31)14-8-12(24)4-7-15(14)26-22(23)32/h2-8,16,18-19,27H,9-10H2,1H3,(H2,25,29)(H,26,32)/t16?,18-,19+,23?/m1/s1. The fourth-order valence-corrected chi connectivity index (χ4v) is 5.47. The maximum absolute atomic E-state index is 13.7. The number of fused-ring (bicyclic) bond motifs is 4. The molecule has 2 aromatic rings. The molecule has 4 atom stereocenters. The van der Waals surface area contributed by atoms with Crippen molar-refractivity contribution in [3.05, 3.63) is 58.6 Å². The Labute approximate surface area is 194 Å². The van der Waals surface area contributed by atoms with Crippen LogP contribution in [0, 0.1) is 11.8 Å². The van der Waals surface area contributed by atoms with Crippen molar-refractivity contribution in [3.63, 3.8) is 0 Å². The van der Waals surface area contributed by atoms with Crippen molar-refractivity contribution < 1.29 is 23.9 Å². The molecule has 2 fully saturated rings. The first-order valence-electron chi connectivity index (χ1n) is 10.4. The molecule has 3 aliphatic rings. The summed E-state index contributed by atoms with van der Waals surface area (Å²) in [7, 11) is 1.55. The molecule has 9 nitrogen and oxygen atoms in total. The van der Waals surface area contributed by atoms with E-state index in [2.05, 4.69) is 10.6 Å². The molecular weight excluding hydrogens is 448 g/mol. The molecule has 0 aromatic heterocycles. The van der Waals surface area contributed by atoms with E-state index in [9.17, 15) is 19.2 Å². The van der Waals surface area contributed by atoms with Crippen molar-refractivity contribution in [2.24, 2.45) is 17.6 Å². The summed E-state index contributed by atoms with van der Waals surface area (Å²) in [5.41, 5.74) is 5.63. The fourth-order valence-electron chi connectivity index (χ4n) is 5.29. The zero-order chi connectivity index (χ0) is 23.5. The Kier molecular flexibility index (Phi) is 4.91. The quantitative estimate of drug-likeness (QED) is 0.564. The molecule has 5 rings (SSSR count). The van der Waals surface area contributed by atoms with Crippen molar-refractivity contribution in [1.29, 1.82) is 0 Å². The second kappa shape index (κ2) is 7.57. The average Bonchev–Trinajstić information content (AvgIpc) is 3.34. The topological polar surface area (TPSA) is 131 Å². The molecule has 170 valence electrons. The van der Waals surface area contributed by atoms with Crippen LogP contribution in [0.2, 0.25) is 5.02 Å². The number of primary amides is 1. The summed E-state index contributed by atoms with van der Waals surface area (Å²) < 4.78 is 5.16. The number of likely N-dealkylation sites (tertiary alicyclic amines) is 1. The number of nitrogens with one attached hydrogen (secondary N) is 2. The first-order chi connectivity index (χ1) is 15.8. The molecule has 33 heavy (non-hydrogen) atoms. The minimum Gasteiger partial charge on any atom is -0.497 e. The fraction of sp³-hybridized carbons (Fsp3) is 0.304. The predicted molar refractivity (Wildman–Crippen MR) is 118 cm³/mol. The average molecular weight is 469 g/mol. The second-order valence-electron chi connectivity index (χ2n) is 8.49. The highest BCUT2D eigenvalue weighted by Crippen LogP contribution is 2.53. The number of benzene rings is 2. The van der Waals surface area contributed by atoms with Gasteiger partial charge in [0.05, 0.1) is 25.5 Å². The Morgan fingerprint density at radius 2 is 1.88 bits per heavy atom. The molecule has 0 radical (unpaired) electrons. The first-order valence-corrected chi connectivity index (χ1v) is 10.8. The lowest BCUT2D eigenvalue weighted by molar-refractivity contribution is -0.143. The molecule has 1 spiro atoms. The lowest BCUT2D eigenvalue weighted by Crippen LogP contribution is -2.53. The number of amides is 4. The number of nitrogens with two attached hydrogens (primary N) is 1. The van der Waals surface area contributed by atoms with Gasteiger partial charge in [0.1, 0.15) is 11.3 Å². The molecule has 4 amide bonds. The Morgan fingerprint density at radius 3 is 2.55 bits per heavy atom. The largest absolute Gasteiger partial charge is 0.497 e. The van der Waals surface area contributed by atoms with E-state index in [1.54, 1.807) is 49.6 Å². The number of hydrogen-bond donors (Lipinski definition) is 3. The number of ether oxygens (including phenoxy) is 1. The Bertz CT molecular complexity index is 1200. The van der Waals surface area contributed by atoms with Gasteiger partial charge in [-0.05, 0) is 35.9 Å². The Balaban J connectivity index is 1.57. The maximum Gasteiger partial charge on any atom is 0.250 e. The van der Waals surface area contributed by atoms with Crippen molar-refractivity contribution in [1.82, 2.24) is 10.2 Å². The summed E-state index contributed by atoms with van der Waals surface area (Å²) in [5.74, 6) is -3.33. The van der Waals surface area contributed by atoms with E-state index in [1.807, 2.05) is 0 Å². The van der Waals surface area contributed by atoms with Crippen LogP contribution in [-0.2, 0) is 31.3 Å². The van der Waals surface area contributed by atoms with E-state index in [1.165, 1.54) is 0 Å². The van der Waals surface area contributed by atoms with Crippen LogP contribution in [-0.4, -0.2) is 41.7 Å². The molecule has 0 bridgehead atoms. The number of halogens is 1. The highest BCUT2D eigenvalue weighted by Gasteiger charge is 2.70. The van der Waals surface area contributed by atoms with Crippen LogP contribution in [0.5, 0.6) is 5.75 Å². The van der Waals surface area contributed by atoms with Crippen LogP contribution in [0.1, 0.15) is 17.5 Å². The van der Waals surface area contributed by atoms with E-state index in [-0.39, 0.29) is 13.0 Å². The molecule has 3 heterocycles. The molecule has 0 saturated carbocycles. The Morgan fingerprint density at radius 1 is 1.15 bits per heavy atom. The zero-order valence-electron chi connectivity index (χ0n) is 17.6. The summed E-state index contributed by atoms with van der Waals surface area (Å²) in [6.07, 6.45) is -0.193. The number of hydrogen-bond acceptors (Lipinski definition) is 6. The third kappa shape index (κ3) is 3.11. The minimum absolute atomic E-state index is 0.0397. The van der Waals surface area contributed by atoms with Gasteiger partial charge >= 0.3 is 0 Å². The highest BCUT2D eigenvalue weighted by atomic mass is 35.5. The van der Waals surface area contributed by atoms with E-state index < -0.39 is 47.0 Å². The monoisotopic (exact) mass is 468 g/mol. The highest BCUT2D eigenvalue weighted by molar-refractivity contribution is 6.31.